The molecule has 124 valence electrons. The van der Waals surface area contributed by atoms with Crippen LogP contribution >= 0.6 is 58.2 Å². The van der Waals surface area contributed by atoms with Crippen LogP contribution in [0.25, 0.3) is 0 Å². The molecule has 10 heteroatoms. The van der Waals surface area contributed by atoms with E-state index in [2.05, 4.69) is 0 Å². The summed E-state index contributed by atoms with van der Waals surface area (Å²) in [6.45, 7) is 0. The summed E-state index contributed by atoms with van der Waals surface area (Å²) in [7, 11) is 0. The summed E-state index contributed by atoms with van der Waals surface area (Å²) in [5, 5.41) is 10.5. The van der Waals surface area contributed by atoms with Crippen molar-refractivity contribution in [3.05, 3.63) is 31.2 Å². The summed E-state index contributed by atoms with van der Waals surface area (Å²) in [6.07, 6.45) is 1.80. The number of benzene rings is 1. The van der Waals surface area contributed by atoms with Gasteiger partial charge in [0.1, 0.15) is 0 Å². The molecule has 0 spiro atoms. The van der Waals surface area contributed by atoms with Crippen LogP contribution in [0.2, 0.25) is 20.1 Å². The molecule has 1 aliphatic heterocycles. The molecule has 1 atom stereocenters. The van der Waals surface area contributed by atoms with Gasteiger partial charge < -0.3 is 9.90 Å². The van der Waals surface area contributed by atoms with Crippen molar-refractivity contribution in [1.29, 1.82) is 0 Å². The van der Waals surface area contributed by atoms with Gasteiger partial charge in [0.15, 0.2) is 0 Å². The molecule has 0 bridgehead atoms. The third-order valence-corrected chi connectivity index (χ3v) is 5.76. The Bertz CT molecular complexity index is 678. The van der Waals surface area contributed by atoms with Gasteiger partial charge in [0.05, 0.1) is 43.2 Å². The standard InChI is InChI=1S/C13H9Cl4NO4S/c1-23-3-2-4(13(21)22)18-11(19)5-6(12(18)20)8(15)10(17)9(16)7(5)14/h4H,2-3H2,1H3,(H,21,22)/p-1/t4-/m1/s1. The van der Waals surface area contributed by atoms with Crippen molar-refractivity contribution in [1.82, 2.24) is 4.90 Å². The normalized spacial score (nSPS) is 15.1. The Morgan fingerprint density at radius 3 is 1.83 bits per heavy atom. The highest BCUT2D eigenvalue weighted by atomic mass is 35.5. The van der Waals surface area contributed by atoms with Crippen LogP contribution in [-0.2, 0) is 4.79 Å². The number of hydrogen-bond donors (Lipinski definition) is 0. The lowest BCUT2D eigenvalue weighted by Crippen LogP contribution is -2.50. The quantitative estimate of drug-likeness (QED) is 0.419. The topological polar surface area (TPSA) is 77.5 Å². The molecular formula is C13H8Cl4NO4S-. The van der Waals surface area contributed by atoms with Gasteiger partial charge in [-0.3, -0.25) is 14.5 Å². The Morgan fingerprint density at radius 1 is 1.04 bits per heavy atom. The lowest BCUT2D eigenvalue weighted by molar-refractivity contribution is -0.310. The van der Waals surface area contributed by atoms with Crippen molar-refractivity contribution >= 4 is 75.9 Å². The minimum atomic E-state index is -1.54. The minimum absolute atomic E-state index is 0.0334. The van der Waals surface area contributed by atoms with E-state index >= 15 is 0 Å². The zero-order chi connectivity index (χ0) is 17.5. The van der Waals surface area contributed by atoms with Crippen LogP contribution in [0.5, 0.6) is 0 Å². The maximum atomic E-state index is 12.5. The van der Waals surface area contributed by atoms with Gasteiger partial charge in [0.25, 0.3) is 11.8 Å². The fraction of sp³-hybridized carbons (Fsp3) is 0.308. The van der Waals surface area contributed by atoms with E-state index in [1.54, 1.807) is 6.26 Å². The molecule has 1 aliphatic rings. The minimum Gasteiger partial charge on any atom is -0.548 e. The zero-order valence-electron chi connectivity index (χ0n) is 11.5. The number of carboxylic acid groups (broad SMARTS) is 1. The molecule has 0 saturated carbocycles. The molecule has 1 heterocycles. The smallest absolute Gasteiger partial charge is 0.263 e. The highest BCUT2D eigenvalue weighted by Crippen LogP contribution is 2.45. The molecule has 0 N–H and O–H groups in total. The molecule has 0 aliphatic carbocycles. The van der Waals surface area contributed by atoms with Gasteiger partial charge in [-0.15, -0.1) is 0 Å². The largest absolute Gasteiger partial charge is 0.548 e. The maximum absolute atomic E-state index is 12.5. The van der Waals surface area contributed by atoms with Crippen molar-refractivity contribution in [2.45, 2.75) is 12.5 Å². The number of rotatable bonds is 5. The van der Waals surface area contributed by atoms with Crippen LogP contribution in [0.1, 0.15) is 27.1 Å². The second kappa shape index (κ2) is 7.07. The van der Waals surface area contributed by atoms with E-state index in [0.29, 0.717) is 10.7 Å². The van der Waals surface area contributed by atoms with Gasteiger partial charge in [-0.1, -0.05) is 46.4 Å². The first kappa shape index (κ1) is 18.7. The van der Waals surface area contributed by atoms with E-state index in [9.17, 15) is 19.5 Å². The fourth-order valence-electron chi connectivity index (χ4n) is 2.23. The van der Waals surface area contributed by atoms with Crippen molar-refractivity contribution in [3.8, 4) is 0 Å². The van der Waals surface area contributed by atoms with E-state index in [0.717, 1.165) is 0 Å². The molecule has 5 nitrogen and oxygen atoms in total. The summed E-state index contributed by atoms with van der Waals surface area (Å²) >= 11 is 25.1. The van der Waals surface area contributed by atoms with Gasteiger partial charge in [-0.2, -0.15) is 11.8 Å². The highest BCUT2D eigenvalue weighted by molar-refractivity contribution is 7.98. The Labute approximate surface area is 155 Å². The van der Waals surface area contributed by atoms with Crippen LogP contribution < -0.4 is 5.11 Å². The molecule has 1 aromatic rings. The molecule has 0 fully saturated rings. The number of nitrogens with zero attached hydrogens (tertiary/aromatic N) is 1. The maximum Gasteiger partial charge on any atom is 0.263 e. The summed E-state index contributed by atoms with van der Waals surface area (Å²) < 4.78 is 0. The van der Waals surface area contributed by atoms with E-state index in [-0.39, 0.29) is 37.6 Å². The number of aliphatic carboxylic acids is 1. The Balaban J connectivity index is 2.59. The second-order valence-electron chi connectivity index (χ2n) is 4.60. The average molecular weight is 416 g/mol. The Morgan fingerprint density at radius 2 is 1.48 bits per heavy atom. The highest BCUT2D eigenvalue weighted by Gasteiger charge is 2.44. The molecular weight excluding hydrogens is 408 g/mol. The third-order valence-electron chi connectivity index (χ3n) is 3.31. The van der Waals surface area contributed by atoms with Gasteiger partial charge in [-0.05, 0) is 18.4 Å². The van der Waals surface area contributed by atoms with E-state index in [1.807, 2.05) is 0 Å². The van der Waals surface area contributed by atoms with Crippen LogP contribution in [0.15, 0.2) is 0 Å². The van der Waals surface area contributed by atoms with Gasteiger partial charge >= 0.3 is 0 Å². The predicted octanol–water partition coefficient (Wildman–Crippen LogP) is 2.77. The van der Waals surface area contributed by atoms with Crippen molar-refractivity contribution in [3.63, 3.8) is 0 Å². The van der Waals surface area contributed by atoms with Crippen molar-refractivity contribution in [2.75, 3.05) is 12.0 Å². The first-order valence-electron chi connectivity index (χ1n) is 6.17. The van der Waals surface area contributed by atoms with E-state index in [1.165, 1.54) is 11.8 Å². The number of carbonyl (C=O) groups excluding carboxylic acids is 3. The summed E-state index contributed by atoms with van der Waals surface area (Å²) in [4.78, 5) is 37.0. The number of imide groups is 1. The third kappa shape index (κ3) is 3.03. The Kier molecular flexibility index (Phi) is 5.74. The summed E-state index contributed by atoms with van der Waals surface area (Å²) in [5.41, 5.74) is -0.488. The van der Waals surface area contributed by atoms with Crippen LogP contribution in [0, 0.1) is 0 Å². The van der Waals surface area contributed by atoms with Gasteiger partial charge in [0.2, 0.25) is 0 Å². The first-order valence-corrected chi connectivity index (χ1v) is 9.08. The number of halogens is 4. The molecule has 0 radical (unpaired) electrons. The lowest BCUT2D eigenvalue weighted by atomic mass is 10.1. The molecule has 0 unspecified atom stereocenters. The summed E-state index contributed by atoms with van der Waals surface area (Å²) in [5.74, 6) is -2.90. The first-order chi connectivity index (χ1) is 10.7. The van der Waals surface area contributed by atoms with Crippen molar-refractivity contribution < 1.29 is 19.5 Å². The fourth-order valence-corrected chi connectivity index (χ4v) is 3.70. The predicted molar refractivity (Wildman–Crippen MR) is 88.8 cm³/mol. The summed E-state index contributed by atoms with van der Waals surface area (Å²) in [6, 6.07) is -1.43. The molecule has 2 rings (SSSR count). The number of carboxylic acids is 1. The van der Waals surface area contributed by atoms with Crippen LogP contribution in [-0.4, -0.2) is 40.7 Å². The SMILES string of the molecule is CSCC[C@H](C(=O)[O-])N1C(=O)c2c(Cl)c(Cl)c(Cl)c(Cl)c2C1=O. The molecule has 0 saturated heterocycles. The van der Waals surface area contributed by atoms with E-state index in [4.69, 9.17) is 46.4 Å². The number of carbonyl (C=O) groups is 3. The lowest BCUT2D eigenvalue weighted by Gasteiger charge is -2.26. The van der Waals surface area contributed by atoms with Crippen LogP contribution in [0.3, 0.4) is 0 Å². The molecule has 0 aromatic heterocycles. The second-order valence-corrected chi connectivity index (χ2v) is 7.10. The van der Waals surface area contributed by atoms with Gasteiger partial charge in [0, 0.05) is 0 Å². The zero-order valence-corrected chi connectivity index (χ0v) is 15.3. The van der Waals surface area contributed by atoms with Crippen LogP contribution in [0.4, 0.5) is 0 Å². The van der Waals surface area contributed by atoms with Gasteiger partial charge in [-0.25, -0.2) is 0 Å². The monoisotopic (exact) mass is 414 g/mol. The Hall–Kier alpha value is -0.660. The molecule has 23 heavy (non-hydrogen) atoms. The van der Waals surface area contributed by atoms with E-state index < -0.39 is 23.8 Å². The number of fused-ring (bicyclic) bond motifs is 1. The number of hydrogen-bond acceptors (Lipinski definition) is 5. The van der Waals surface area contributed by atoms with Crippen molar-refractivity contribution in [2.24, 2.45) is 0 Å². The number of amides is 2. The molecule has 2 amide bonds. The average Bonchev–Trinajstić information content (AvgIpc) is 2.75. The number of thioether (sulfide) groups is 1. The molecule has 1 aromatic carbocycles.